The van der Waals surface area contributed by atoms with Crippen molar-refractivity contribution in [2.24, 2.45) is 0 Å². The van der Waals surface area contributed by atoms with Crippen LogP contribution in [0, 0.1) is 0 Å². The van der Waals surface area contributed by atoms with Crippen LogP contribution >= 0.6 is 0 Å². The quantitative estimate of drug-likeness (QED) is 0.789. The maximum atomic E-state index is 12.8. The number of fused-ring (bicyclic) bond motifs is 2. The highest BCUT2D eigenvalue weighted by Crippen LogP contribution is 2.38. The van der Waals surface area contributed by atoms with E-state index in [1.54, 1.807) is 12.1 Å². The lowest BCUT2D eigenvalue weighted by Gasteiger charge is -2.17. The second kappa shape index (κ2) is 7.80. The number of nitrogens with zero attached hydrogens (tertiary/aromatic N) is 1. The summed E-state index contributed by atoms with van der Waals surface area (Å²) in [5.41, 5.74) is 6.64. The molecule has 0 atom stereocenters. The summed E-state index contributed by atoms with van der Waals surface area (Å²) in [5.74, 6) is 0. The van der Waals surface area contributed by atoms with E-state index in [4.69, 9.17) is 0 Å². The van der Waals surface area contributed by atoms with Gasteiger partial charge in [0.15, 0.2) is 0 Å². The summed E-state index contributed by atoms with van der Waals surface area (Å²) >= 11 is 0. The number of rotatable bonds is 5. The first-order valence-electron chi connectivity index (χ1n) is 10.1. The maximum absolute atomic E-state index is 12.8. The average Bonchev–Trinajstić information content (AvgIpc) is 3.29. The third kappa shape index (κ3) is 4.16. The predicted molar refractivity (Wildman–Crippen MR) is 114 cm³/mol. The van der Waals surface area contributed by atoms with E-state index in [0.29, 0.717) is 6.54 Å². The molecule has 6 nitrogen and oxygen atoms in total. The number of carbonyl (C=O) groups excluding carboxylic acids is 1. The van der Waals surface area contributed by atoms with Gasteiger partial charge in [-0.2, -0.15) is 0 Å². The molecule has 0 radical (unpaired) electrons. The Morgan fingerprint density at radius 1 is 1.00 bits per heavy atom. The van der Waals surface area contributed by atoms with Crippen molar-refractivity contribution >= 4 is 21.7 Å². The van der Waals surface area contributed by atoms with Gasteiger partial charge in [-0.1, -0.05) is 18.2 Å². The van der Waals surface area contributed by atoms with E-state index < -0.39 is 16.1 Å². The van der Waals surface area contributed by atoms with E-state index in [2.05, 4.69) is 16.1 Å². The van der Waals surface area contributed by atoms with Crippen molar-refractivity contribution in [3.05, 3.63) is 58.1 Å². The van der Waals surface area contributed by atoms with Gasteiger partial charge < -0.3 is 10.2 Å². The second-order valence-corrected chi connectivity index (χ2v) is 9.86. The third-order valence-electron chi connectivity index (χ3n) is 5.65. The lowest BCUT2D eigenvalue weighted by molar-refractivity contribution is 0.256. The lowest BCUT2D eigenvalue weighted by Crippen LogP contribution is -2.35. The molecule has 2 N–H and O–H groups in total. The van der Waals surface area contributed by atoms with Crippen LogP contribution in [-0.2, 0) is 42.3 Å². The van der Waals surface area contributed by atoms with E-state index >= 15 is 0 Å². The van der Waals surface area contributed by atoms with Crippen LogP contribution in [0.25, 0.3) is 0 Å². The Kier molecular flexibility index (Phi) is 5.36. The molecule has 2 aliphatic carbocycles. The van der Waals surface area contributed by atoms with E-state index in [1.165, 1.54) is 28.3 Å². The average molecular weight is 414 g/mol. The van der Waals surface area contributed by atoms with Gasteiger partial charge in [0.25, 0.3) is 10.0 Å². The molecule has 2 aromatic carbocycles. The number of carbonyl (C=O) groups is 1. The minimum Gasteiger partial charge on any atom is -0.307 e. The summed E-state index contributed by atoms with van der Waals surface area (Å²) in [7, 11) is -0.106. The molecule has 2 aromatic rings. The summed E-state index contributed by atoms with van der Waals surface area (Å²) in [6.07, 6.45) is 6.05. The van der Waals surface area contributed by atoms with E-state index in [1.807, 2.05) is 25.1 Å². The fraction of sp³-hybridized carbons (Fsp3) is 0.409. The highest BCUT2D eigenvalue weighted by molar-refractivity contribution is 7.90. The van der Waals surface area contributed by atoms with E-state index in [-0.39, 0.29) is 4.90 Å². The molecule has 2 aliphatic rings. The van der Waals surface area contributed by atoms with Crippen LogP contribution in [-0.4, -0.2) is 33.4 Å². The van der Waals surface area contributed by atoms with Gasteiger partial charge in [0, 0.05) is 12.2 Å². The van der Waals surface area contributed by atoms with E-state index in [9.17, 15) is 13.2 Å². The van der Waals surface area contributed by atoms with Crippen molar-refractivity contribution in [2.75, 3.05) is 19.4 Å². The van der Waals surface area contributed by atoms with Crippen LogP contribution in [0.4, 0.5) is 10.5 Å². The number of anilines is 1. The molecule has 4 rings (SSSR count). The van der Waals surface area contributed by atoms with Crippen LogP contribution in [0.1, 0.15) is 40.7 Å². The number of hydrogen-bond acceptors (Lipinski definition) is 4. The number of amides is 2. The second-order valence-electron chi connectivity index (χ2n) is 8.18. The summed E-state index contributed by atoms with van der Waals surface area (Å²) in [4.78, 5) is 14.7. The minimum absolute atomic E-state index is 0.0931. The Hall–Kier alpha value is -2.38. The first kappa shape index (κ1) is 19.9. The highest BCUT2D eigenvalue weighted by atomic mass is 32.2. The normalized spacial score (nSPS) is 15.3. The molecule has 0 fully saturated rings. The first-order chi connectivity index (χ1) is 13.8. The number of nitrogens with one attached hydrogen (secondary N) is 2. The third-order valence-corrected chi connectivity index (χ3v) is 6.97. The van der Waals surface area contributed by atoms with Gasteiger partial charge in [0.05, 0.1) is 4.90 Å². The Morgan fingerprint density at radius 2 is 1.66 bits per heavy atom. The molecule has 2 amide bonds. The van der Waals surface area contributed by atoms with Gasteiger partial charge in [-0.15, -0.1) is 0 Å². The number of benzene rings is 2. The molecule has 154 valence electrons. The molecular weight excluding hydrogens is 386 g/mol. The van der Waals surface area contributed by atoms with Gasteiger partial charge >= 0.3 is 6.03 Å². The SMILES string of the molecule is CN(C)Cc1cccc(S(=O)(=O)NC(=O)Nc2c3c(cc4c2CCC4)CCC3)c1. The van der Waals surface area contributed by atoms with Crippen LogP contribution < -0.4 is 10.0 Å². The number of urea groups is 1. The molecular formula is C22H27N3O3S. The Morgan fingerprint density at radius 3 is 2.28 bits per heavy atom. The van der Waals surface area contributed by atoms with Gasteiger partial charge in [-0.05, 0) is 92.6 Å². The molecule has 0 spiro atoms. The van der Waals surface area contributed by atoms with Crippen molar-refractivity contribution < 1.29 is 13.2 Å². The molecule has 0 aromatic heterocycles. The molecule has 0 unspecified atom stereocenters. The van der Waals surface area contributed by atoms with E-state index in [0.717, 1.165) is 49.8 Å². The fourth-order valence-electron chi connectivity index (χ4n) is 4.46. The molecule has 0 saturated carbocycles. The summed E-state index contributed by atoms with van der Waals surface area (Å²) in [6.45, 7) is 0.623. The number of aryl methyl sites for hydroxylation is 2. The standard InChI is InChI=1S/C22H27N3O3S/c1-25(2)14-15-6-3-9-18(12-15)29(27,28)24-22(26)23-21-19-10-4-7-16(19)13-17-8-5-11-20(17)21/h3,6,9,12-13H,4-5,7-8,10-11,14H2,1-2H3,(H2,23,24,26). The molecule has 0 heterocycles. The maximum Gasteiger partial charge on any atom is 0.333 e. The first-order valence-corrected chi connectivity index (χ1v) is 11.6. The Labute approximate surface area is 172 Å². The Bertz CT molecular complexity index is 1030. The van der Waals surface area contributed by atoms with Crippen molar-refractivity contribution in [3.8, 4) is 0 Å². The van der Waals surface area contributed by atoms with Crippen LogP contribution in [0.5, 0.6) is 0 Å². The Balaban J connectivity index is 1.55. The summed E-state index contributed by atoms with van der Waals surface area (Å²) < 4.78 is 27.7. The zero-order chi connectivity index (χ0) is 20.6. The molecule has 0 aliphatic heterocycles. The van der Waals surface area contributed by atoms with Crippen LogP contribution in [0.2, 0.25) is 0 Å². The highest BCUT2D eigenvalue weighted by Gasteiger charge is 2.26. The number of hydrogen-bond donors (Lipinski definition) is 2. The van der Waals surface area contributed by atoms with Crippen LogP contribution in [0.3, 0.4) is 0 Å². The van der Waals surface area contributed by atoms with Crippen molar-refractivity contribution in [2.45, 2.75) is 50.0 Å². The van der Waals surface area contributed by atoms with Crippen molar-refractivity contribution in [3.63, 3.8) is 0 Å². The number of sulfonamides is 1. The van der Waals surface area contributed by atoms with Gasteiger partial charge in [-0.25, -0.2) is 17.9 Å². The monoisotopic (exact) mass is 413 g/mol. The van der Waals surface area contributed by atoms with Crippen molar-refractivity contribution in [1.82, 2.24) is 9.62 Å². The van der Waals surface area contributed by atoms with Crippen LogP contribution in [0.15, 0.2) is 35.2 Å². The van der Waals surface area contributed by atoms with Gasteiger partial charge in [0.2, 0.25) is 0 Å². The summed E-state index contributed by atoms with van der Waals surface area (Å²) in [5, 5.41) is 2.88. The largest absolute Gasteiger partial charge is 0.333 e. The molecule has 0 saturated heterocycles. The molecule has 29 heavy (non-hydrogen) atoms. The summed E-state index contributed by atoms with van der Waals surface area (Å²) in [6, 6.07) is 8.26. The lowest BCUT2D eigenvalue weighted by atomic mass is 9.99. The van der Waals surface area contributed by atoms with Gasteiger partial charge in [-0.3, -0.25) is 0 Å². The zero-order valence-corrected chi connectivity index (χ0v) is 17.7. The van der Waals surface area contributed by atoms with Gasteiger partial charge in [0.1, 0.15) is 0 Å². The molecule has 7 heteroatoms. The van der Waals surface area contributed by atoms with Crippen molar-refractivity contribution in [1.29, 1.82) is 0 Å². The minimum atomic E-state index is -3.95. The molecule has 0 bridgehead atoms. The zero-order valence-electron chi connectivity index (χ0n) is 16.9. The topological polar surface area (TPSA) is 78.5 Å². The predicted octanol–water partition coefficient (Wildman–Crippen LogP) is 3.24. The fourth-order valence-corrected chi connectivity index (χ4v) is 5.44. The smallest absolute Gasteiger partial charge is 0.307 e.